The number of carbonyl (C=O) groups excluding carboxylic acids is 1. The Bertz CT molecular complexity index is 571. The number of nitrogens with zero attached hydrogens (tertiary/aromatic N) is 2. The summed E-state index contributed by atoms with van der Waals surface area (Å²) in [5.41, 5.74) is 1.10. The third kappa shape index (κ3) is 5.61. The van der Waals surface area contributed by atoms with Gasteiger partial charge in [0.15, 0.2) is 0 Å². The lowest BCUT2D eigenvalue weighted by Gasteiger charge is -1.98. The summed E-state index contributed by atoms with van der Waals surface area (Å²) < 4.78 is 57.5. The Morgan fingerprint density at radius 1 is 1.37 bits per heavy atom. The number of aryl methyl sites for hydroxylation is 2. The van der Waals surface area contributed by atoms with E-state index >= 15 is 0 Å². The molecule has 1 amide bonds. The summed E-state index contributed by atoms with van der Waals surface area (Å²) in [4.78, 5) is 18.5. The topological polar surface area (TPSA) is 123 Å². The summed E-state index contributed by atoms with van der Waals surface area (Å²) in [6, 6.07) is 0. The van der Waals surface area contributed by atoms with E-state index in [-0.39, 0.29) is 5.69 Å². The van der Waals surface area contributed by atoms with E-state index < -0.39 is 21.5 Å². The number of rotatable bonds is 1. The second-order valence-corrected chi connectivity index (χ2v) is 4.64. The van der Waals surface area contributed by atoms with Gasteiger partial charge in [0, 0.05) is 6.20 Å². The number of nitrogens with two attached hydrogens (primary N) is 1. The summed E-state index contributed by atoms with van der Waals surface area (Å²) in [7, 11) is -5.84. The van der Waals surface area contributed by atoms with Crippen molar-refractivity contribution in [1.82, 2.24) is 9.97 Å². The van der Waals surface area contributed by atoms with Crippen molar-refractivity contribution in [2.45, 2.75) is 19.4 Å². The van der Waals surface area contributed by atoms with Crippen molar-refractivity contribution in [3.63, 3.8) is 0 Å². The van der Waals surface area contributed by atoms with Crippen molar-refractivity contribution in [3.05, 3.63) is 23.3 Å². The van der Waals surface area contributed by atoms with Gasteiger partial charge >= 0.3 is 15.6 Å². The van der Waals surface area contributed by atoms with E-state index in [4.69, 9.17) is 18.7 Å². The Morgan fingerprint density at radius 3 is 2.05 bits per heavy atom. The first-order chi connectivity index (χ1) is 8.36. The van der Waals surface area contributed by atoms with E-state index in [1.54, 1.807) is 6.92 Å². The molecule has 0 aliphatic rings. The second kappa shape index (κ2) is 5.93. The molecule has 0 aliphatic carbocycles. The molecular weight excluding hydrogens is 291 g/mol. The normalized spacial score (nSPS) is 11.5. The molecule has 1 heterocycles. The molecule has 0 aliphatic heterocycles. The van der Waals surface area contributed by atoms with Gasteiger partial charge < -0.3 is 5.73 Å². The minimum atomic E-state index is -5.84. The highest BCUT2D eigenvalue weighted by molar-refractivity contribution is 7.86. The fourth-order valence-corrected chi connectivity index (χ4v) is 0.840. The fraction of sp³-hybridized carbons (Fsp3) is 0.375. The van der Waals surface area contributed by atoms with Crippen LogP contribution in [0.25, 0.3) is 0 Å². The number of primary amides is 1. The molecule has 0 bridgehead atoms. The second-order valence-electron chi connectivity index (χ2n) is 3.23. The van der Waals surface area contributed by atoms with E-state index in [2.05, 4.69) is 9.97 Å². The largest absolute Gasteiger partial charge is 0.522 e. The van der Waals surface area contributed by atoms with Crippen LogP contribution in [0.15, 0.2) is 6.20 Å². The van der Waals surface area contributed by atoms with Crippen molar-refractivity contribution in [1.29, 1.82) is 0 Å². The van der Waals surface area contributed by atoms with Gasteiger partial charge in [-0.15, -0.1) is 0 Å². The highest BCUT2D eigenvalue weighted by atomic mass is 32.2. The molecule has 0 saturated carbocycles. The molecule has 11 heteroatoms. The molecule has 3 N–H and O–H groups in total. The van der Waals surface area contributed by atoms with E-state index in [0.29, 0.717) is 5.69 Å². The van der Waals surface area contributed by atoms with Gasteiger partial charge in [-0.25, -0.2) is 4.98 Å². The van der Waals surface area contributed by atoms with Gasteiger partial charge in [0.05, 0.1) is 11.4 Å². The molecule has 0 unspecified atom stereocenters. The third-order valence-corrected chi connectivity index (χ3v) is 2.18. The molecule has 0 aromatic carbocycles. The summed E-state index contributed by atoms with van der Waals surface area (Å²) in [6.45, 7) is 3.52. The zero-order chi connectivity index (χ0) is 15.4. The van der Waals surface area contributed by atoms with Crippen LogP contribution in [0.3, 0.4) is 0 Å². The summed E-state index contributed by atoms with van der Waals surface area (Å²) in [5.74, 6) is -0.532. The van der Waals surface area contributed by atoms with Crippen molar-refractivity contribution in [2.75, 3.05) is 0 Å². The molecule has 0 radical (unpaired) electrons. The molecule has 0 fully saturated rings. The zero-order valence-corrected chi connectivity index (χ0v) is 10.6. The molecule has 0 saturated heterocycles. The molecule has 1 rings (SSSR count). The van der Waals surface area contributed by atoms with Crippen LogP contribution in [0, 0.1) is 13.8 Å². The van der Waals surface area contributed by atoms with Crippen LogP contribution in [0.5, 0.6) is 0 Å². The lowest BCUT2D eigenvalue weighted by Crippen LogP contribution is -2.21. The Morgan fingerprint density at radius 2 is 1.79 bits per heavy atom. The van der Waals surface area contributed by atoms with E-state index in [9.17, 15) is 18.0 Å². The maximum atomic E-state index is 10.7. The Hall–Kier alpha value is -1.75. The lowest BCUT2D eigenvalue weighted by molar-refractivity contribution is -0.0510. The number of alkyl halides is 3. The highest BCUT2D eigenvalue weighted by Gasteiger charge is 2.44. The maximum absolute atomic E-state index is 10.7. The molecule has 19 heavy (non-hydrogen) atoms. The predicted molar refractivity (Wildman–Crippen MR) is 57.6 cm³/mol. The molecule has 0 spiro atoms. The molecule has 7 nitrogen and oxygen atoms in total. The third-order valence-electron chi connectivity index (χ3n) is 1.59. The average Bonchev–Trinajstić information content (AvgIpc) is 2.13. The first-order valence-corrected chi connectivity index (χ1v) is 5.94. The summed E-state index contributed by atoms with van der Waals surface area (Å²) >= 11 is 0. The fourth-order valence-electron chi connectivity index (χ4n) is 0.840. The standard InChI is InChI=1S/C7H9N3O.CHF3O3S/c1-4-3-9-6(7(8)11)5(2)10-4;2-1(3,4)8(5,6)7/h3H,1-2H3,(H2,8,11);(H,5,6,7). The number of hydrogen-bond acceptors (Lipinski definition) is 5. The van der Waals surface area contributed by atoms with Crippen LogP contribution in [-0.2, 0) is 10.1 Å². The van der Waals surface area contributed by atoms with Crippen molar-refractivity contribution in [2.24, 2.45) is 5.73 Å². The Balaban J connectivity index is 0.000000362. The van der Waals surface area contributed by atoms with Gasteiger partial charge in [-0.3, -0.25) is 14.3 Å². The number of halogens is 3. The molecule has 108 valence electrons. The zero-order valence-electron chi connectivity index (χ0n) is 9.76. The number of amides is 1. The summed E-state index contributed by atoms with van der Waals surface area (Å²) in [6.07, 6.45) is 1.52. The van der Waals surface area contributed by atoms with Gasteiger partial charge in [-0.1, -0.05) is 0 Å². The van der Waals surface area contributed by atoms with Crippen molar-refractivity contribution in [3.8, 4) is 0 Å². The van der Waals surface area contributed by atoms with Crippen molar-refractivity contribution >= 4 is 16.0 Å². The van der Waals surface area contributed by atoms with E-state index in [0.717, 1.165) is 5.69 Å². The SMILES string of the molecule is Cc1cnc(C(N)=O)c(C)n1.O=S(=O)(O)C(F)(F)F. The summed E-state index contributed by atoms with van der Waals surface area (Å²) in [5, 5.41) is 0. The monoisotopic (exact) mass is 301 g/mol. The number of hydrogen-bond donors (Lipinski definition) is 2. The minimum absolute atomic E-state index is 0.246. The minimum Gasteiger partial charge on any atom is -0.364 e. The van der Waals surface area contributed by atoms with Gasteiger partial charge in [-0.2, -0.15) is 21.6 Å². The maximum Gasteiger partial charge on any atom is 0.522 e. The van der Waals surface area contributed by atoms with Crippen LogP contribution in [-0.4, -0.2) is 34.4 Å². The van der Waals surface area contributed by atoms with Gasteiger partial charge in [-0.05, 0) is 13.8 Å². The quantitative estimate of drug-likeness (QED) is 0.578. The molecule has 0 atom stereocenters. The first-order valence-electron chi connectivity index (χ1n) is 4.50. The Labute approximate surface area is 106 Å². The van der Waals surface area contributed by atoms with Crippen LogP contribution in [0.2, 0.25) is 0 Å². The Kier molecular flexibility index (Phi) is 5.38. The van der Waals surface area contributed by atoms with Crippen LogP contribution >= 0.6 is 0 Å². The molecule has 1 aromatic heterocycles. The number of aromatic nitrogens is 2. The van der Waals surface area contributed by atoms with Crippen LogP contribution in [0.1, 0.15) is 21.9 Å². The van der Waals surface area contributed by atoms with Crippen LogP contribution in [0.4, 0.5) is 13.2 Å². The highest BCUT2D eigenvalue weighted by Crippen LogP contribution is 2.20. The molecule has 1 aromatic rings. The number of carbonyl (C=O) groups is 1. The van der Waals surface area contributed by atoms with Gasteiger partial charge in [0.1, 0.15) is 5.69 Å². The predicted octanol–water partition coefficient (Wildman–Crippen LogP) is 0.586. The average molecular weight is 301 g/mol. The van der Waals surface area contributed by atoms with Crippen LogP contribution < -0.4 is 5.73 Å². The van der Waals surface area contributed by atoms with E-state index in [1.165, 1.54) is 6.20 Å². The van der Waals surface area contributed by atoms with Gasteiger partial charge in [0.2, 0.25) is 0 Å². The first kappa shape index (κ1) is 17.2. The van der Waals surface area contributed by atoms with Crippen molar-refractivity contribution < 1.29 is 30.9 Å². The van der Waals surface area contributed by atoms with Gasteiger partial charge in [0.25, 0.3) is 5.91 Å². The molecular formula is C8H10F3N3O4S. The van der Waals surface area contributed by atoms with E-state index in [1.807, 2.05) is 6.92 Å². The lowest BCUT2D eigenvalue weighted by atomic mass is 10.3. The smallest absolute Gasteiger partial charge is 0.364 e.